The van der Waals surface area contributed by atoms with Crippen LogP contribution in [0.25, 0.3) is 16.6 Å². The smallest absolute Gasteiger partial charge is 0.406 e. The fraction of sp³-hybridized carbons (Fsp3) is 0.130. The van der Waals surface area contributed by atoms with Gasteiger partial charge in [-0.3, -0.25) is 9.20 Å². The summed E-state index contributed by atoms with van der Waals surface area (Å²) in [6.45, 7) is 1.66. The first kappa shape index (κ1) is 23.5. The molecule has 3 aromatic heterocycles. The van der Waals surface area contributed by atoms with Gasteiger partial charge in [0.15, 0.2) is 0 Å². The number of anilines is 2. The van der Waals surface area contributed by atoms with Crippen molar-refractivity contribution in [1.29, 1.82) is 5.26 Å². The van der Waals surface area contributed by atoms with E-state index in [0.717, 1.165) is 29.1 Å². The van der Waals surface area contributed by atoms with E-state index in [0.29, 0.717) is 11.1 Å². The van der Waals surface area contributed by atoms with Crippen LogP contribution in [0, 0.1) is 17.1 Å². The highest BCUT2D eigenvalue weighted by atomic mass is 19.4. The van der Waals surface area contributed by atoms with E-state index in [4.69, 9.17) is 5.73 Å². The lowest BCUT2D eigenvalue weighted by Crippen LogP contribution is -2.22. The summed E-state index contributed by atoms with van der Waals surface area (Å²) in [5.41, 5.74) is 5.87. The van der Waals surface area contributed by atoms with Gasteiger partial charge in [0.05, 0.1) is 11.6 Å². The summed E-state index contributed by atoms with van der Waals surface area (Å²) in [6, 6.07) is 10.3. The van der Waals surface area contributed by atoms with Crippen LogP contribution in [0.1, 0.15) is 24.1 Å². The molecule has 8 nitrogen and oxygen atoms in total. The Morgan fingerprint density at radius 3 is 2.69 bits per heavy atom. The molecule has 4 rings (SSSR count). The predicted molar refractivity (Wildman–Crippen MR) is 119 cm³/mol. The number of pyridine rings is 2. The maximum absolute atomic E-state index is 13.9. The van der Waals surface area contributed by atoms with Crippen molar-refractivity contribution in [2.24, 2.45) is 0 Å². The lowest BCUT2D eigenvalue weighted by Gasteiger charge is -2.20. The van der Waals surface area contributed by atoms with Crippen LogP contribution in [0.3, 0.4) is 0 Å². The molecule has 0 saturated heterocycles. The fourth-order valence-electron chi connectivity index (χ4n) is 3.64. The monoisotopic (exact) mass is 484 g/mol. The van der Waals surface area contributed by atoms with Crippen molar-refractivity contribution in [2.45, 2.75) is 19.3 Å². The van der Waals surface area contributed by atoms with E-state index in [1.807, 2.05) is 6.07 Å². The molecular formula is C23H16F4N6O2. The molecule has 0 bridgehead atoms. The van der Waals surface area contributed by atoms with Gasteiger partial charge in [-0.1, -0.05) is 12.1 Å². The van der Waals surface area contributed by atoms with Gasteiger partial charge >= 0.3 is 6.36 Å². The van der Waals surface area contributed by atoms with Crippen molar-refractivity contribution in [1.82, 2.24) is 14.4 Å². The lowest BCUT2D eigenvalue weighted by atomic mass is 9.96. The van der Waals surface area contributed by atoms with E-state index in [2.05, 4.69) is 20.0 Å². The van der Waals surface area contributed by atoms with Crippen LogP contribution in [0.15, 0.2) is 59.8 Å². The van der Waals surface area contributed by atoms with Gasteiger partial charge in [0, 0.05) is 11.7 Å². The first-order valence-corrected chi connectivity index (χ1v) is 10.1. The Morgan fingerprint density at radius 1 is 1.20 bits per heavy atom. The zero-order chi connectivity index (χ0) is 25.3. The van der Waals surface area contributed by atoms with Crippen molar-refractivity contribution < 1.29 is 22.3 Å². The summed E-state index contributed by atoms with van der Waals surface area (Å²) in [5, 5.41) is 12.4. The minimum atomic E-state index is -4.93. The molecule has 0 fully saturated rings. The van der Waals surface area contributed by atoms with Crippen LogP contribution < -0.4 is 21.3 Å². The average molecular weight is 484 g/mol. The summed E-state index contributed by atoms with van der Waals surface area (Å²) in [6.07, 6.45) is -2.79. The Balaban J connectivity index is 1.91. The van der Waals surface area contributed by atoms with Crippen LogP contribution in [-0.2, 0) is 0 Å². The van der Waals surface area contributed by atoms with Crippen LogP contribution >= 0.6 is 0 Å². The molecule has 178 valence electrons. The molecule has 0 spiro atoms. The predicted octanol–water partition coefficient (Wildman–Crippen LogP) is 4.42. The maximum Gasteiger partial charge on any atom is 0.573 e. The Hall–Kier alpha value is -4.66. The quantitative estimate of drug-likeness (QED) is 0.403. The number of nitrogens with zero attached hydrogens (tertiary/aromatic N) is 4. The number of ether oxygens (including phenoxy) is 1. The number of aromatic nitrogens is 3. The summed E-state index contributed by atoms with van der Waals surface area (Å²) in [7, 11) is 0. The second-order valence-electron chi connectivity index (χ2n) is 7.46. The molecule has 3 N–H and O–H groups in total. The van der Waals surface area contributed by atoms with Gasteiger partial charge in [-0.15, -0.1) is 13.2 Å². The van der Waals surface area contributed by atoms with Crippen LogP contribution in [-0.4, -0.2) is 20.7 Å². The molecule has 35 heavy (non-hydrogen) atoms. The Morgan fingerprint density at radius 2 is 1.97 bits per heavy atom. The maximum atomic E-state index is 13.9. The summed E-state index contributed by atoms with van der Waals surface area (Å²) >= 11 is 0. The molecule has 0 aliphatic carbocycles. The summed E-state index contributed by atoms with van der Waals surface area (Å²) < 4.78 is 57.3. The van der Waals surface area contributed by atoms with Crippen molar-refractivity contribution >= 4 is 17.2 Å². The van der Waals surface area contributed by atoms with Crippen molar-refractivity contribution in [3.05, 3.63) is 82.3 Å². The second kappa shape index (κ2) is 8.94. The van der Waals surface area contributed by atoms with Gasteiger partial charge in [-0.05, 0) is 48.4 Å². The molecule has 0 radical (unpaired) electrons. The van der Waals surface area contributed by atoms with Gasteiger partial charge in [0.25, 0.3) is 5.56 Å². The average Bonchev–Trinajstić information content (AvgIpc) is 2.78. The summed E-state index contributed by atoms with van der Waals surface area (Å²) in [5.74, 6) is -1.15. The largest absolute Gasteiger partial charge is 0.573 e. The highest BCUT2D eigenvalue weighted by molar-refractivity contribution is 5.73. The minimum Gasteiger partial charge on any atom is -0.406 e. The second-order valence-corrected chi connectivity index (χ2v) is 7.46. The number of fused-ring (bicyclic) bond motifs is 1. The third-order valence-electron chi connectivity index (χ3n) is 5.13. The molecule has 0 unspecified atom stereocenters. The van der Waals surface area contributed by atoms with Crippen molar-refractivity contribution in [3.63, 3.8) is 0 Å². The number of nitrogens with two attached hydrogens (primary N) is 1. The Kier molecular flexibility index (Phi) is 6.00. The summed E-state index contributed by atoms with van der Waals surface area (Å²) in [4.78, 5) is 21.2. The fourth-order valence-corrected chi connectivity index (χ4v) is 3.64. The van der Waals surface area contributed by atoms with E-state index in [9.17, 15) is 27.6 Å². The molecule has 1 aromatic carbocycles. The van der Waals surface area contributed by atoms with Crippen LogP contribution in [0.5, 0.6) is 5.75 Å². The molecule has 3 heterocycles. The third kappa shape index (κ3) is 4.84. The van der Waals surface area contributed by atoms with E-state index in [1.54, 1.807) is 13.0 Å². The molecular weight excluding hydrogens is 468 g/mol. The number of alkyl halides is 3. The van der Waals surface area contributed by atoms with Gasteiger partial charge in [0.1, 0.15) is 41.2 Å². The number of rotatable bonds is 5. The third-order valence-corrected chi connectivity index (χ3v) is 5.13. The van der Waals surface area contributed by atoms with E-state index in [-0.39, 0.29) is 28.3 Å². The lowest BCUT2D eigenvalue weighted by molar-refractivity contribution is -0.274. The van der Waals surface area contributed by atoms with E-state index >= 15 is 0 Å². The number of halogens is 4. The van der Waals surface area contributed by atoms with Crippen LogP contribution in [0.4, 0.5) is 29.2 Å². The number of benzene rings is 1. The molecule has 0 saturated carbocycles. The van der Waals surface area contributed by atoms with Crippen molar-refractivity contribution in [2.75, 3.05) is 11.1 Å². The van der Waals surface area contributed by atoms with E-state index in [1.165, 1.54) is 24.3 Å². The van der Waals surface area contributed by atoms with E-state index < -0.39 is 29.5 Å². The van der Waals surface area contributed by atoms with Crippen LogP contribution in [0.2, 0.25) is 0 Å². The van der Waals surface area contributed by atoms with Gasteiger partial charge < -0.3 is 15.8 Å². The molecule has 12 heteroatoms. The first-order chi connectivity index (χ1) is 16.6. The zero-order valence-corrected chi connectivity index (χ0v) is 18.0. The number of nitriles is 1. The zero-order valence-electron chi connectivity index (χ0n) is 18.0. The molecule has 0 aliphatic rings. The van der Waals surface area contributed by atoms with Gasteiger partial charge in [-0.2, -0.15) is 5.26 Å². The minimum absolute atomic E-state index is 0.00117. The highest BCUT2D eigenvalue weighted by Crippen LogP contribution is 2.33. The van der Waals surface area contributed by atoms with Crippen molar-refractivity contribution in [3.8, 4) is 22.9 Å². The topological polar surface area (TPSA) is 118 Å². The Labute approximate surface area is 195 Å². The number of nitrogen functional groups attached to an aromatic ring is 1. The first-order valence-electron chi connectivity index (χ1n) is 10.1. The number of hydrogen-bond acceptors (Lipinski definition) is 7. The molecule has 0 aliphatic heterocycles. The van der Waals surface area contributed by atoms with Gasteiger partial charge in [-0.25, -0.2) is 14.4 Å². The number of hydrogen-bond donors (Lipinski definition) is 2. The number of nitrogens with one attached hydrogen (secondary N) is 1. The Bertz CT molecular complexity index is 1530. The normalized spacial score (nSPS) is 12.2. The SMILES string of the molecule is C[C@H](Nc1ncnc(N)c1C#N)c1cc2ccc(F)cn2c(=O)c1-c1cccc(OC(F)(F)F)c1. The molecule has 1 atom stereocenters. The molecule has 0 amide bonds. The highest BCUT2D eigenvalue weighted by Gasteiger charge is 2.31. The van der Waals surface area contributed by atoms with Gasteiger partial charge in [0.2, 0.25) is 0 Å². The molecule has 4 aromatic rings. The standard InChI is InChI=1S/C23H16F4N6O2/c1-12(32-21-18(9-28)20(29)30-11-31-21)17-8-15-6-5-14(24)10-33(15)22(34)19(17)13-3-2-4-16(7-13)35-23(25,26)27/h2-8,10-12H,1H3,(H3,29,30,31,32)/t12-/m0/s1.